The summed E-state index contributed by atoms with van der Waals surface area (Å²) < 4.78 is 0. The van der Waals surface area contributed by atoms with Gasteiger partial charge in [-0.2, -0.15) is 0 Å². The van der Waals surface area contributed by atoms with Crippen molar-refractivity contribution in [2.45, 2.75) is 0 Å². The minimum atomic E-state index is 0.0126. The van der Waals surface area contributed by atoms with E-state index < -0.39 is 0 Å². The van der Waals surface area contributed by atoms with Gasteiger partial charge < -0.3 is 0 Å². The van der Waals surface area contributed by atoms with E-state index in [2.05, 4.69) is 12.2 Å². The summed E-state index contributed by atoms with van der Waals surface area (Å²) >= 11 is 1.47. The molecule has 3 aromatic rings. The molecular weight excluding hydrogens is 290 g/mol. The molecule has 0 atom stereocenters. The lowest BCUT2D eigenvalue weighted by molar-refractivity contribution is 0.100. The average Bonchev–Trinajstić information content (AvgIpc) is 3.04. The van der Waals surface area contributed by atoms with Crippen molar-refractivity contribution in [2.24, 2.45) is 0 Å². The first kappa shape index (κ1) is 13.0. The van der Waals surface area contributed by atoms with E-state index in [4.69, 9.17) is 0 Å². The molecule has 2 heterocycles. The Morgan fingerprint density at radius 3 is 1.91 bits per heavy atom. The Labute approximate surface area is 133 Å². The van der Waals surface area contributed by atoms with Gasteiger partial charge in [0.1, 0.15) is 0 Å². The Morgan fingerprint density at radius 1 is 0.773 bits per heavy atom. The molecule has 0 N–H and O–H groups in total. The van der Waals surface area contributed by atoms with Gasteiger partial charge >= 0.3 is 0 Å². The topological polar surface area (TPSA) is 20.3 Å². The molecule has 0 saturated heterocycles. The number of para-hydroxylation sites is 2. The van der Waals surface area contributed by atoms with Gasteiger partial charge in [0.2, 0.25) is 0 Å². The number of carbonyl (C=O) groups is 1. The number of benzene rings is 2. The van der Waals surface area contributed by atoms with E-state index >= 15 is 0 Å². The van der Waals surface area contributed by atoms with Gasteiger partial charge in [0.05, 0.1) is 16.3 Å². The quantitative estimate of drug-likeness (QED) is 0.604. The van der Waals surface area contributed by atoms with Crippen LogP contribution in [0.25, 0.3) is 12.2 Å². The molecule has 4 rings (SSSR count). The van der Waals surface area contributed by atoms with Crippen LogP contribution in [0.3, 0.4) is 0 Å². The SMILES string of the molecule is O=C(c1cccs1)N1c2ccccc2C=Cc2ccccc21. The highest BCUT2D eigenvalue weighted by atomic mass is 32.1. The van der Waals surface area contributed by atoms with E-state index in [0.29, 0.717) is 0 Å². The molecule has 1 aliphatic heterocycles. The van der Waals surface area contributed by atoms with Crippen molar-refractivity contribution in [3.8, 4) is 0 Å². The van der Waals surface area contributed by atoms with E-state index in [1.807, 2.05) is 70.9 Å². The fourth-order valence-electron chi connectivity index (χ4n) is 2.70. The number of hydrogen-bond acceptors (Lipinski definition) is 2. The molecule has 3 heteroatoms. The minimum absolute atomic E-state index is 0.0126. The van der Waals surface area contributed by atoms with Gasteiger partial charge in [-0.1, -0.05) is 54.6 Å². The Bertz CT molecular complexity index is 815. The molecule has 0 bridgehead atoms. The van der Waals surface area contributed by atoms with Gasteiger partial charge in [0.15, 0.2) is 0 Å². The zero-order valence-corrected chi connectivity index (χ0v) is 12.6. The predicted octanol–water partition coefficient (Wildman–Crippen LogP) is 5.21. The summed E-state index contributed by atoms with van der Waals surface area (Å²) in [4.78, 5) is 15.6. The van der Waals surface area contributed by atoms with E-state index in [-0.39, 0.29) is 5.91 Å². The molecule has 0 saturated carbocycles. The minimum Gasteiger partial charge on any atom is -0.275 e. The lowest BCUT2D eigenvalue weighted by Gasteiger charge is -2.24. The van der Waals surface area contributed by atoms with Gasteiger partial charge in [-0.3, -0.25) is 9.69 Å². The van der Waals surface area contributed by atoms with Gasteiger partial charge in [-0.15, -0.1) is 11.3 Å². The number of carbonyl (C=O) groups excluding carboxylic acids is 1. The average molecular weight is 303 g/mol. The van der Waals surface area contributed by atoms with Crippen molar-refractivity contribution in [1.29, 1.82) is 0 Å². The summed E-state index contributed by atoms with van der Waals surface area (Å²) in [5.41, 5.74) is 3.93. The van der Waals surface area contributed by atoms with Crippen molar-refractivity contribution in [3.05, 3.63) is 82.0 Å². The number of thiophene rings is 1. The zero-order valence-electron chi connectivity index (χ0n) is 11.8. The fraction of sp³-hybridized carbons (Fsp3) is 0. The van der Waals surface area contributed by atoms with Crippen LogP contribution < -0.4 is 4.90 Å². The van der Waals surface area contributed by atoms with Crippen LogP contribution in [0.5, 0.6) is 0 Å². The summed E-state index contributed by atoms with van der Waals surface area (Å²) in [6.45, 7) is 0. The van der Waals surface area contributed by atoms with Crippen LogP contribution in [0.4, 0.5) is 11.4 Å². The van der Waals surface area contributed by atoms with Crippen LogP contribution in [0.1, 0.15) is 20.8 Å². The Hall–Kier alpha value is -2.65. The summed E-state index contributed by atoms with van der Waals surface area (Å²) in [6.07, 6.45) is 4.13. The number of anilines is 2. The third kappa shape index (κ3) is 2.07. The maximum atomic E-state index is 13.0. The summed E-state index contributed by atoms with van der Waals surface area (Å²) in [5.74, 6) is 0.0126. The van der Waals surface area contributed by atoms with E-state index in [1.165, 1.54) is 11.3 Å². The highest BCUT2D eigenvalue weighted by Crippen LogP contribution is 2.37. The van der Waals surface area contributed by atoms with E-state index in [0.717, 1.165) is 27.4 Å². The van der Waals surface area contributed by atoms with Gasteiger partial charge in [-0.05, 0) is 34.7 Å². The normalized spacial score (nSPS) is 12.5. The molecule has 0 radical (unpaired) electrons. The molecule has 0 spiro atoms. The summed E-state index contributed by atoms with van der Waals surface area (Å²) in [5, 5.41) is 1.93. The van der Waals surface area contributed by atoms with Gasteiger partial charge in [0.25, 0.3) is 5.91 Å². The van der Waals surface area contributed by atoms with Crippen LogP contribution in [0.15, 0.2) is 66.0 Å². The first-order valence-corrected chi connectivity index (χ1v) is 7.97. The van der Waals surface area contributed by atoms with Gasteiger partial charge in [-0.25, -0.2) is 0 Å². The molecule has 22 heavy (non-hydrogen) atoms. The van der Waals surface area contributed by atoms with E-state index in [1.54, 1.807) is 0 Å². The first-order valence-electron chi connectivity index (χ1n) is 7.09. The number of rotatable bonds is 1. The Morgan fingerprint density at radius 2 is 1.36 bits per heavy atom. The summed E-state index contributed by atoms with van der Waals surface area (Å²) in [6, 6.07) is 19.8. The van der Waals surface area contributed by atoms with Crippen molar-refractivity contribution in [1.82, 2.24) is 0 Å². The second-order valence-corrected chi connectivity index (χ2v) is 6.02. The maximum Gasteiger partial charge on any atom is 0.272 e. The van der Waals surface area contributed by atoms with Crippen LogP contribution in [-0.4, -0.2) is 5.91 Å². The standard InChI is InChI=1S/C19H13NOS/c21-19(18-10-5-13-22-18)20-16-8-3-1-6-14(16)11-12-15-7-2-4-9-17(15)20/h1-13H. The smallest absolute Gasteiger partial charge is 0.272 e. The van der Waals surface area contributed by atoms with Crippen molar-refractivity contribution in [2.75, 3.05) is 4.90 Å². The second-order valence-electron chi connectivity index (χ2n) is 5.07. The number of fused-ring (bicyclic) bond motifs is 2. The highest BCUT2D eigenvalue weighted by molar-refractivity contribution is 7.12. The fourth-order valence-corrected chi connectivity index (χ4v) is 3.36. The molecule has 0 aliphatic carbocycles. The summed E-state index contributed by atoms with van der Waals surface area (Å²) in [7, 11) is 0. The largest absolute Gasteiger partial charge is 0.275 e. The van der Waals surface area contributed by atoms with Crippen molar-refractivity contribution >= 4 is 40.8 Å². The van der Waals surface area contributed by atoms with Crippen LogP contribution in [0.2, 0.25) is 0 Å². The van der Waals surface area contributed by atoms with Crippen molar-refractivity contribution < 1.29 is 4.79 Å². The Kier molecular flexibility index (Phi) is 3.13. The van der Waals surface area contributed by atoms with Crippen LogP contribution in [-0.2, 0) is 0 Å². The van der Waals surface area contributed by atoms with Crippen LogP contribution in [0, 0.1) is 0 Å². The van der Waals surface area contributed by atoms with Gasteiger partial charge in [0, 0.05) is 0 Å². The molecule has 0 fully saturated rings. The maximum absolute atomic E-state index is 13.0. The molecule has 1 aliphatic rings. The third-order valence-corrected chi connectivity index (χ3v) is 4.59. The number of nitrogens with zero attached hydrogens (tertiary/aromatic N) is 1. The number of hydrogen-bond donors (Lipinski definition) is 0. The van der Waals surface area contributed by atoms with E-state index in [9.17, 15) is 4.79 Å². The molecule has 2 aromatic carbocycles. The molecule has 0 unspecified atom stereocenters. The predicted molar refractivity (Wildman–Crippen MR) is 92.6 cm³/mol. The third-order valence-electron chi connectivity index (χ3n) is 3.73. The Balaban J connectivity index is 1.96. The molecule has 106 valence electrons. The molecule has 1 amide bonds. The highest BCUT2D eigenvalue weighted by Gasteiger charge is 2.25. The molecular formula is C19H13NOS. The first-order chi connectivity index (χ1) is 10.8. The second kappa shape index (κ2) is 5.28. The molecule has 2 nitrogen and oxygen atoms in total. The lowest BCUT2D eigenvalue weighted by atomic mass is 10.1. The van der Waals surface area contributed by atoms with Crippen molar-refractivity contribution in [3.63, 3.8) is 0 Å². The zero-order chi connectivity index (χ0) is 14.9. The monoisotopic (exact) mass is 303 g/mol. The molecule has 1 aromatic heterocycles. The lowest BCUT2D eigenvalue weighted by Crippen LogP contribution is -2.26. The van der Waals surface area contributed by atoms with Crippen LogP contribution >= 0.6 is 11.3 Å². The number of amides is 1.